The van der Waals surface area contributed by atoms with E-state index in [0.29, 0.717) is 12.3 Å². The summed E-state index contributed by atoms with van der Waals surface area (Å²) in [4.78, 5) is 11.5. The van der Waals surface area contributed by atoms with Crippen LogP contribution in [-0.4, -0.2) is 18.2 Å². The average Bonchev–Trinajstić information content (AvgIpc) is 2.85. The van der Waals surface area contributed by atoms with Crippen molar-refractivity contribution in [3.63, 3.8) is 0 Å². The zero-order valence-corrected chi connectivity index (χ0v) is 10.1. The molecule has 0 spiro atoms. The molecule has 2 nitrogen and oxygen atoms in total. The lowest BCUT2D eigenvalue weighted by Gasteiger charge is -2.12. The van der Waals surface area contributed by atoms with Gasteiger partial charge in [0.05, 0.1) is 0 Å². The van der Waals surface area contributed by atoms with E-state index in [0.717, 1.165) is 18.7 Å². The molecule has 0 atom stereocenters. The first kappa shape index (κ1) is 11.9. The number of rotatable bonds is 6. The van der Waals surface area contributed by atoms with Gasteiger partial charge >= 0.3 is 0 Å². The Morgan fingerprint density at radius 3 is 2.57 bits per heavy atom. The second-order valence-electron chi connectivity index (χ2n) is 4.87. The molecule has 1 amide bonds. The molecule has 1 fully saturated rings. The lowest BCUT2D eigenvalue weighted by molar-refractivity contribution is -0.122. The van der Waals surface area contributed by atoms with Crippen molar-refractivity contribution in [3.8, 4) is 0 Å². The van der Waals surface area contributed by atoms with Crippen molar-refractivity contribution in [3.05, 3.63) is 0 Å². The summed E-state index contributed by atoms with van der Waals surface area (Å²) >= 11 is 4.28. The van der Waals surface area contributed by atoms with Gasteiger partial charge in [0.2, 0.25) is 5.91 Å². The van der Waals surface area contributed by atoms with Crippen LogP contribution in [-0.2, 0) is 4.79 Å². The normalized spacial score (nSPS) is 18.3. The summed E-state index contributed by atoms with van der Waals surface area (Å²) in [5, 5.41) is 2.97. The molecule has 0 heterocycles. The molecule has 0 aromatic rings. The van der Waals surface area contributed by atoms with Gasteiger partial charge in [-0.2, -0.15) is 12.6 Å². The summed E-state index contributed by atoms with van der Waals surface area (Å²) in [6.45, 7) is 5.16. The Balaban J connectivity index is 2.10. The molecule has 14 heavy (non-hydrogen) atoms. The van der Waals surface area contributed by atoms with Crippen molar-refractivity contribution in [1.29, 1.82) is 0 Å². The van der Waals surface area contributed by atoms with Gasteiger partial charge in [-0.1, -0.05) is 13.8 Å². The third-order valence-corrected chi connectivity index (χ3v) is 3.54. The van der Waals surface area contributed by atoms with E-state index in [2.05, 4.69) is 31.8 Å². The van der Waals surface area contributed by atoms with Gasteiger partial charge in [0, 0.05) is 13.0 Å². The summed E-state index contributed by atoms with van der Waals surface area (Å²) in [5.74, 6) is 1.72. The first-order valence-electron chi connectivity index (χ1n) is 5.45. The van der Waals surface area contributed by atoms with E-state index in [1.807, 2.05) is 0 Å². The van der Waals surface area contributed by atoms with Crippen LogP contribution in [0.2, 0.25) is 0 Å². The zero-order chi connectivity index (χ0) is 10.6. The van der Waals surface area contributed by atoms with Crippen LogP contribution in [0, 0.1) is 11.3 Å². The van der Waals surface area contributed by atoms with Crippen molar-refractivity contribution in [2.75, 3.05) is 12.3 Å². The highest BCUT2D eigenvalue weighted by atomic mass is 32.1. The van der Waals surface area contributed by atoms with Gasteiger partial charge in [0.15, 0.2) is 0 Å². The summed E-state index contributed by atoms with van der Waals surface area (Å²) in [7, 11) is 0. The highest BCUT2D eigenvalue weighted by Gasteiger charge is 2.42. The molecule has 1 saturated carbocycles. The molecule has 0 radical (unpaired) electrons. The number of thiol groups is 1. The van der Waals surface area contributed by atoms with Crippen LogP contribution in [0.25, 0.3) is 0 Å². The molecule has 0 bridgehead atoms. The Labute approximate surface area is 92.2 Å². The van der Waals surface area contributed by atoms with Crippen molar-refractivity contribution >= 4 is 18.5 Å². The van der Waals surface area contributed by atoms with Crippen LogP contribution in [0.3, 0.4) is 0 Å². The fraction of sp³-hybridized carbons (Fsp3) is 0.909. The molecule has 3 heteroatoms. The van der Waals surface area contributed by atoms with Crippen LogP contribution in [0.5, 0.6) is 0 Å². The minimum atomic E-state index is 0.206. The fourth-order valence-electron chi connectivity index (χ4n) is 1.47. The quantitative estimate of drug-likeness (QED) is 0.654. The molecular formula is C11H21NOS. The lowest BCUT2D eigenvalue weighted by Crippen LogP contribution is -2.28. The summed E-state index contributed by atoms with van der Waals surface area (Å²) in [6.07, 6.45) is 4.09. The standard InChI is InChI=1S/C11H21NOS/c1-9(2)3-6-12-10(13)7-11(8-14)4-5-11/h9,14H,3-8H2,1-2H3,(H,12,13). The summed E-state index contributed by atoms with van der Waals surface area (Å²) in [6, 6.07) is 0. The number of nitrogens with one attached hydrogen (secondary N) is 1. The number of carbonyl (C=O) groups excluding carboxylic acids is 1. The Morgan fingerprint density at radius 1 is 1.50 bits per heavy atom. The second kappa shape index (κ2) is 5.06. The highest BCUT2D eigenvalue weighted by Crippen LogP contribution is 2.49. The Bertz CT molecular complexity index is 199. The van der Waals surface area contributed by atoms with Crippen molar-refractivity contribution in [2.24, 2.45) is 11.3 Å². The van der Waals surface area contributed by atoms with E-state index in [1.165, 1.54) is 12.8 Å². The molecule has 1 aliphatic carbocycles. The average molecular weight is 215 g/mol. The van der Waals surface area contributed by atoms with E-state index >= 15 is 0 Å². The molecular weight excluding hydrogens is 194 g/mol. The Kier molecular flexibility index (Phi) is 4.30. The third-order valence-electron chi connectivity index (χ3n) is 2.87. The van der Waals surface area contributed by atoms with Crippen molar-refractivity contribution < 1.29 is 4.79 Å². The number of hydrogen-bond donors (Lipinski definition) is 2. The van der Waals surface area contributed by atoms with Crippen molar-refractivity contribution in [1.82, 2.24) is 5.32 Å². The molecule has 82 valence electrons. The minimum absolute atomic E-state index is 0.206. The van der Waals surface area contributed by atoms with Crippen LogP contribution in [0.15, 0.2) is 0 Å². The zero-order valence-electron chi connectivity index (χ0n) is 9.18. The van der Waals surface area contributed by atoms with Crippen LogP contribution in [0.4, 0.5) is 0 Å². The molecule has 1 aliphatic rings. The molecule has 1 rings (SSSR count). The number of carbonyl (C=O) groups is 1. The first-order chi connectivity index (χ1) is 6.58. The van der Waals surface area contributed by atoms with Gasteiger partial charge in [-0.05, 0) is 36.3 Å². The van der Waals surface area contributed by atoms with E-state index in [-0.39, 0.29) is 11.3 Å². The molecule has 0 aromatic carbocycles. The maximum Gasteiger partial charge on any atom is 0.220 e. The van der Waals surface area contributed by atoms with Gasteiger partial charge in [-0.25, -0.2) is 0 Å². The van der Waals surface area contributed by atoms with E-state index in [4.69, 9.17) is 0 Å². The smallest absolute Gasteiger partial charge is 0.220 e. The molecule has 0 aromatic heterocycles. The maximum atomic E-state index is 11.5. The van der Waals surface area contributed by atoms with Gasteiger partial charge in [-0.3, -0.25) is 4.79 Å². The highest BCUT2D eigenvalue weighted by molar-refractivity contribution is 7.80. The predicted octanol–water partition coefficient (Wildman–Crippen LogP) is 2.25. The largest absolute Gasteiger partial charge is 0.356 e. The lowest BCUT2D eigenvalue weighted by atomic mass is 10.0. The second-order valence-corrected chi connectivity index (χ2v) is 5.18. The third kappa shape index (κ3) is 3.91. The van der Waals surface area contributed by atoms with E-state index < -0.39 is 0 Å². The summed E-state index contributed by atoms with van der Waals surface area (Å²) < 4.78 is 0. The number of amides is 1. The van der Waals surface area contributed by atoms with Gasteiger partial charge < -0.3 is 5.32 Å². The topological polar surface area (TPSA) is 29.1 Å². The van der Waals surface area contributed by atoms with Crippen LogP contribution < -0.4 is 5.32 Å². The van der Waals surface area contributed by atoms with E-state index in [1.54, 1.807) is 0 Å². The molecule has 0 unspecified atom stereocenters. The predicted molar refractivity (Wildman–Crippen MR) is 62.6 cm³/mol. The SMILES string of the molecule is CC(C)CCNC(=O)CC1(CS)CC1. The minimum Gasteiger partial charge on any atom is -0.356 e. The van der Waals surface area contributed by atoms with Crippen LogP contribution in [0.1, 0.15) is 39.5 Å². The molecule has 0 saturated heterocycles. The first-order valence-corrected chi connectivity index (χ1v) is 6.09. The van der Waals surface area contributed by atoms with Gasteiger partial charge in [-0.15, -0.1) is 0 Å². The number of hydrogen-bond acceptors (Lipinski definition) is 2. The Hall–Kier alpha value is -0.180. The monoisotopic (exact) mass is 215 g/mol. The fourth-order valence-corrected chi connectivity index (χ4v) is 1.90. The Morgan fingerprint density at radius 2 is 2.14 bits per heavy atom. The van der Waals surface area contributed by atoms with Crippen molar-refractivity contribution in [2.45, 2.75) is 39.5 Å². The van der Waals surface area contributed by atoms with Gasteiger partial charge in [0.1, 0.15) is 0 Å². The maximum absolute atomic E-state index is 11.5. The molecule has 0 aliphatic heterocycles. The van der Waals surface area contributed by atoms with E-state index in [9.17, 15) is 4.79 Å². The summed E-state index contributed by atoms with van der Waals surface area (Å²) in [5.41, 5.74) is 0.255. The van der Waals surface area contributed by atoms with Crippen LogP contribution >= 0.6 is 12.6 Å². The van der Waals surface area contributed by atoms with Gasteiger partial charge in [0.25, 0.3) is 0 Å². The molecule has 1 N–H and O–H groups in total.